The Morgan fingerprint density at radius 1 is 0.760 bits per heavy atom. The molecule has 0 saturated carbocycles. The Morgan fingerprint density at radius 3 is 2.00 bits per heavy atom. The van der Waals surface area contributed by atoms with Crippen molar-refractivity contribution in [1.29, 1.82) is 0 Å². The van der Waals surface area contributed by atoms with Gasteiger partial charge in [-0.1, -0.05) is 35.9 Å². The predicted octanol–water partition coefficient (Wildman–Crippen LogP) is 4.90. The number of para-hydroxylation sites is 1. The van der Waals surface area contributed by atoms with Gasteiger partial charge in [0, 0.05) is 11.4 Å². The molecule has 128 valence electrons. The Morgan fingerprint density at radius 2 is 1.36 bits per heavy atom. The molecule has 5 heteroatoms. The molecule has 0 fully saturated rings. The van der Waals surface area contributed by atoms with Crippen molar-refractivity contribution in [2.45, 2.75) is 34.6 Å². The summed E-state index contributed by atoms with van der Waals surface area (Å²) in [5.74, 6) is 1.14. The Kier molecular flexibility index (Phi) is 4.65. The first kappa shape index (κ1) is 16.9. The van der Waals surface area contributed by atoms with E-state index >= 15 is 0 Å². The van der Waals surface area contributed by atoms with Gasteiger partial charge in [0.25, 0.3) is 0 Å². The number of nitrogens with one attached hydrogen (secondary N) is 2. The van der Waals surface area contributed by atoms with Gasteiger partial charge in [-0.15, -0.1) is 5.10 Å². The molecule has 0 amide bonds. The number of rotatable bonds is 4. The Hall–Kier alpha value is -2.95. The fourth-order valence-corrected chi connectivity index (χ4v) is 3.05. The molecule has 0 aliphatic heterocycles. The number of aromatic nitrogens is 3. The van der Waals surface area contributed by atoms with Gasteiger partial charge in [0.15, 0.2) is 5.82 Å². The van der Waals surface area contributed by atoms with Crippen molar-refractivity contribution < 1.29 is 0 Å². The molecule has 0 unspecified atom stereocenters. The Bertz CT molecular complexity index is 874. The van der Waals surface area contributed by atoms with Crippen LogP contribution in [0, 0.1) is 34.6 Å². The van der Waals surface area contributed by atoms with Crippen LogP contribution in [0.4, 0.5) is 23.1 Å². The maximum Gasteiger partial charge on any atom is 0.249 e. The van der Waals surface area contributed by atoms with Gasteiger partial charge in [0.1, 0.15) is 0 Å². The highest BCUT2D eigenvalue weighted by atomic mass is 15.3. The van der Waals surface area contributed by atoms with Crippen molar-refractivity contribution in [2.75, 3.05) is 10.6 Å². The van der Waals surface area contributed by atoms with E-state index in [1.807, 2.05) is 6.07 Å². The first-order valence-corrected chi connectivity index (χ1v) is 8.32. The summed E-state index contributed by atoms with van der Waals surface area (Å²) < 4.78 is 0. The van der Waals surface area contributed by atoms with Gasteiger partial charge >= 0.3 is 0 Å². The highest BCUT2D eigenvalue weighted by Gasteiger charge is 2.08. The van der Waals surface area contributed by atoms with Crippen LogP contribution in [0.2, 0.25) is 0 Å². The molecule has 0 aliphatic rings. The van der Waals surface area contributed by atoms with Gasteiger partial charge < -0.3 is 10.6 Å². The minimum absolute atomic E-state index is 0.477. The zero-order valence-corrected chi connectivity index (χ0v) is 15.3. The molecule has 25 heavy (non-hydrogen) atoms. The smallest absolute Gasteiger partial charge is 0.249 e. The highest BCUT2D eigenvalue weighted by molar-refractivity contribution is 5.67. The van der Waals surface area contributed by atoms with Crippen LogP contribution >= 0.6 is 0 Å². The fourth-order valence-electron chi connectivity index (χ4n) is 3.05. The van der Waals surface area contributed by atoms with Crippen LogP contribution in [0.5, 0.6) is 0 Å². The summed E-state index contributed by atoms with van der Waals surface area (Å²) in [5, 5.41) is 14.8. The lowest BCUT2D eigenvalue weighted by Crippen LogP contribution is -2.05. The molecule has 1 aromatic heterocycles. The van der Waals surface area contributed by atoms with Crippen molar-refractivity contribution in [3.63, 3.8) is 0 Å². The van der Waals surface area contributed by atoms with Crippen LogP contribution in [-0.4, -0.2) is 15.2 Å². The van der Waals surface area contributed by atoms with E-state index < -0.39 is 0 Å². The molecular formula is C20H23N5. The molecule has 2 N–H and O–H groups in total. The zero-order chi connectivity index (χ0) is 18.0. The molecule has 1 heterocycles. The van der Waals surface area contributed by atoms with E-state index in [-0.39, 0.29) is 0 Å². The lowest BCUT2D eigenvalue weighted by Gasteiger charge is -2.14. The third kappa shape index (κ3) is 3.76. The van der Waals surface area contributed by atoms with E-state index in [9.17, 15) is 0 Å². The van der Waals surface area contributed by atoms with Crippen molar-refractivity contribution in [2.24, 2.45) is 0 Å². The SMILES string of the molecule is Cc1cc(C)c(Nc2cnnc(Nc3c(C)cccc3C)n2)c(C)c1. The van der Waals surface area contributed by atoms with Gasteiger partial charge in [0.2, 0.25) is 5.95 Å². The van der Waals surface area contributed by atoms with Crippen LogP contribution in [-0.2, 0) is 0 Å². The maximum atomic E-state index is 4.55. The van der Waals surface area contributed by atoms with Crippen LogP contribution in [0.3, 0.4) is 0 Å². The van der Waals surface area contributed by atoms with E-state index in [1.54, 1.807) is 6.20 Å². The third-order valence-electron chi connectivity index (χ3n) is 4.21. The number of nitrogens with zero attached hydrogens (tertiary/aromatic N) is 3. The number of anilines is 4. The van der Waals surface area contributed by atoms with Crippen molar-refractivity contribution in [3.05, 3.63) is 64.3 Å². The normalized spacial score (nSPS) is 10.6. The lowest BCUT2D eigenvalue weighted by atomic mass is 10.1. The van der Waals surface area contributed by atoms with Gasteiger partial charge in [-0.3, -0.25) is 0 Å². The molecule has 0 atom stereocenters. The van der Waals surface area contributed by atoms with E-state index in [0.717, 1.165) is 22.5 Å². The molecule has 5 nitrogen and oxygen atoms in total. The van der Waals surface area contributed by atoms with E-state index in [1.165, 1.54) is 16.7 Å². The quantitative estimate of drug-likeness (QED) is 0.711. The molecule has 0 aliphatic carbocycles. The molecule has 0 bridgehead atoms. The van der Waals surface area contributed by atoms with Crippen LogP contribution in [0.25, 0.3) is 0 Å². The van der Waals surface area contributed by atoms with E-state index in [2.05, 4.69) is 84.7 Å². The molecule has 2 aromatic carbocycles. The summed E-state index contributed by atoms with van der Waals surface area (Å²) in [6.07, 6.45) is 1.63. The van der Waals surface area contributed by atoms with Crippen molar-refractivity contribution in [3.8, 4) is 0 Å². The topological polar surface area (TPSA) is 62.7 Å². The summed E-state index contributed by atoms with van der Waals surface area (Å²) in [4.78, 5) is 4.55. The number of benzene rings is 2. The molecule has 3 rings (SSSR count). The van der Waals surface area contributed by atoms with Gasteiger partial charge in [0.05, 0.1) is 6.20 Å². The Labute approximate surface area is 148 Å². The minimum Gasteiger partial charge on any atom is -0.338 e. The monoisotopic (exact) mass is 333 g/mol. The summed E-state index contributed by atoms with van der Waals surface area (Å²) in [5.41, 5.74) is 7.98. The average Bonchev–Trinajstić information content (AvgIpc) is 2.55. The number of hydrogen-bond acceptors (Lipinski definition) is 5. The average molecular weight is 333 g/mol. The molecule has 0 radical (unpaired) electrons. The van der Waals surface area contributed by atoms with Crippen molar-refractivity contribution in [1.82, 2.24) is 15.2 Å². The van der Waals surface area contributed by atoms with Gasteiger partial charge in [-0.05, 0) is 56.9 Å². The Balaban J connectivity index is 1.88. The lowest BCUT2D eigenvalue weighted by molar-refractivity contribution is 0.980. The fraction of sp³-hybridized carbons (Fsp3) is 0.250. The van der Waals surface area contributed by atoms with Gasteiger partial charge in [-0.25, -0.2) is 0 Å². The largest absolute Gasteiger partial charge is 0.338 e. The third-order valence-corrected chi connectivity index (χ3v) is 4.21. The molecule has 3 aromatic rings. The predicted molar refractivity (Wildman–Crippen MR) is 103 cm³/mol. The second-order valence-corrected chi connectivity index (χ2v) is 6.46. The number of aryl methyl sites for hydroxylation is 5. The summed E-state index contributed by atoms with van der Waals surface area (Å²) in [7, 11) is 0. The zero-order valence-electron chi connectivity index (χ0n) is 15.3. The second kappa shape index (κ2) is 6.89. The van der Waals surface area contributed by atoms with Crippen LogP contribution in [0.1, 0.15) is 27.8 Å². The summed E-state index contributed by atoms with van der Waals surface area (Å²) >= 11 is 0. The van der Waals surface area contributed by atoms with E-state index in [4.69, 9.17) is 0 Å². The van der Waals surface area contributed by atoms with Crippen LogP contribution in [0.15, 0.2) is 36.5 Å². The maximum absolute atomic E-state index is 4.55. The minimum atomic E-state index is 0.477. The highest BCUT2D eigenvalue weighted by Crippen LogP contribution is 2.26. The first-order chi connectivity index (χ1) is 11.9. The molecule has 0 saturated heterocycles. The number of hydrogen-bond donors (Lipinski definition) is 2. The van der Waals surface area contributed by atoms with Gasteiger partial charge in [-0.2, -0.15) is 10.1 Å². The molecule has 0 spiro atoms. The molecular weight excluding hydrogens is 310 g/mol. The summed E-state index contributed by atoms with van der Waals surface area (Å²) in [6, 6.07) is 10.5. The van der Waals surface area contributed by atoms with Crippen molar-refractivity contribution >= 4 is 23.1 Å². The van der Waals surface area contributed by atoms with E-state index in [0.29, 0.717) is 11.8 Å². The second-order valence-electron chi connectivity index (χ2n) is 6.46. The van der Waals surface area contributed by atoms with Crippen LogP contribution < -0.4 is 10.6 Å². The standard InChI is InChI=1S/C20H23N5/c1-12-9-15(4)19(16(5)10-12)22-17-11-21-25-20(23-17)24-18-13(2)7-6-8-14(18)3/h6-11H,1-5H3,(H2,22,23,24,25). The summed E-state index contributed by atoms with van der Waals surface area (Å²) in [6.45, 7) is 10.4. The first-order valence-electron chi connectivity index (χ1n) is 8.32.